The Kier molecular flexibility index (Phi) is 4.65. The molecule has 5 nitrogen and oxygen atoms in total. The van der Waals surface area contributed by atoms with Gasteiger partial charge in [-0.15, -0.1) is 10.2 Å². The Morgan fingerprint density at radius 2 is 2.05 bits per heavy atom. The SMILES string of the molecule is CCNc1ccc(C(=O)NCc2cccc(C)c2)nn1. The molecule has 1 aromatic heterocycles. The Hall–Kier alpha value is -2.43. The van der Waals surface area contributed by atoms with E-state index in [9.17, 15) is 4.79 Å². The molecule has 0 radical (unpaired) electrons. The Bertz CT molecular complexity index is 581. The molecule has 0 fully saturated rings. The topological polar surface area (TPSA) is 66.9 Å². The normalized spacial score (nSPS) is 10.1. The van der Waals surface area contributed by atoms with Crippen LogP contribution in [0.4, 0.5) is 5.82 Å². The van der Waals surface area contributed by atoms with Crippen molar-refractivity contribution < 1.29 is 4.79 Å². The summed E-state index contributed by atoms with van der Waals surface area (Å²) in [6.45, 7) is 5.26. The van der Waals surface area contributed by atoms with Gasteiger partial charge >= 0.3 is 0 Å². The number of benzene rings is 1. The van der Waals surface area contributed by atoms with Crippen LogP contribution in [0.2, 0.25) is 0 Å². The number of hydrogen-bond acceptors (Lipinski definition) is 4. The van der Waals surface area contributed by atoms with Gasteiger partial charge in [0, 0.05) is 13.1 Å². The van der Waals surface area contributed by atoms with Gasteiger partial charge in [-0.1, -0.05) is 29.8 Å². The minimum atomic E-state index is -0.220. The number of aromatic nitrogens is 2. The first kappa shape index (κ1) is 14.0. The van der Waals surface area contributed by atoms with Gasteiger partial charge in [0.1, 0.15) is 5.82 Å². The maximum Gasteiger partial charge on any atom is 0.272 e. The molecule has 2 N–H and O–H groups in total. The van der Waals surface area contributed by atoms with Gasteiger partial charge in [0.15, 0.2) is 5.69 Å². The zero-order valence-corrected chi connectivity index (χ0v) is 11.7. The highest BCUT2D eigenvalue weighted by Crippen LogP contribution is 2.05. The zero-order chi connectivity index (χ0) is 14.4. The van der Waals surface area contributed by atoms with Crippen molar-refractivity contribution in [1.82, 2.24) is 15.5 Å². The predicted molar refractivity (Wildman–Crippen MR) is 78.5 cm³/mol. The summed E-state index contributed by atoms with van der Waals surface area (Å²) in [5.74, 6) is 0.449. The molecular weight excluding hydrogens is 252 g/mol. The molecule has 0 aliphatic heterocycles. The number of amides is 1. The molecule has 1 heterocycles. The number of aryl methyl sites for hydroxylation is 1. The number of anilines is 1. The third kappa shape index (κ3) is 3.78. The molecule has 0 bridgehead atoms. The minimum absolute atomic E-state index is 0.220. The largest absolute Gasteiger partial charge is 0.369 e. The van der Waals surface area contributed by atoms with E-state index in [4.69, 9.17) is 0 Å². The predicted octanol–water partition coefficient (Wildman–Crippen LogP) is 2.15. The van der Waals surface area contributed by atoms with Gasteiger partial charge in [-0.25, -0.2) is 0 Å². The fraction of sp³-hybridized carbons (Fsp3) is 0.267. The minimum Gasteiger partial charge on any atom is -0.369 e. The van der Waals surface area contributed by atoms with Gasteiger partial charge in [-0.3, -0.25) is 4.79 Å². The Morgan fingerprint density at radius 1 is 1.20 bits per heavy atom. The first-order valence-electron chi connectivity index (χ1n) is 6.60. The van der Waals surface area contributed by atoms with Crippen LogP contribution >= 0.6 is 0 Å². The average molecular weight is 270 g/mol. The van der Waals surface area contributed by atoms with Crippen LogP contribution in [0.1, 0.15) is 28.5 Å². The lowest BCUT2D eigenvalue weighted by Crippen LogP contribution is -2.24. The summed E-state index contributed by atoms with van der Waals surface area (Å²) in [7, 11) is 0. The zero-order valence-electron chi connectivity index (χ0n) is 11.7. The summed E-state index contributed by atoms with van der Waals surface area (Å²) < 4.78 is 0. The van der Waals surface area contributed by atoms with Crippen molar-refractivity contribution in [2.75, 3.05) is 11.9 Å². The molecule has 0 unspecified atom stereocenters. The number of hydrogen-bond donors (Lipinski definition) is 2. The van der Waals surface area contributed by atoms with Gasteiger partial charge in [-0.05, 0) is 31.5 Å². The third-order valence-electron chi connectivity index (χ3n) is 2.79. The monoisotopic (exact) mass is 270 g/mol. The lowest BCUT2D eigenvalue weighted by Gasteiger charge is -2.06. The van der Waals surface area contributed by atoms with Crippen molar-refractivity contribution in [2.24, 2.45) is 0 Å². The number of rotatable bonds is 5. The van der Waals surface area contributed by atoms with E-state index in [2.05, 4.69) is 20.8 Å². The molecule has 1 aromatic carbocycles. The molecule has 104 valence electrons. The smallest absolute Gasteiger partial charge is 0.272 e. The van der Waals surface area contributed by atoms with Crippen molar-refractivity contribution >= 4 is 11.7 Å². The van der Waals surface area contributed by atoms with E-state index in [0.29, 0.717) is 18.1 Å². The summed E-state index contributed by atoms with van der Waals surface area (Å²) in [5.41, 5.74) is 2.56. The van der Waals surface area contributed by atoms with Crippen LogP contribution in [0, 0.1) is 6.92 Å². The highest BCUT2D eigenvalue weighted by atomic mass is 16.1. The molecule has 5 heteroatoms. The highest BCUT2D eigenvalue weighted by Gasteiger charge is 2.07. The van der Waals surface area contributed by atoms with Gasteiger partial charge < -0.3 is 10.6 Å². The van der Waals surface area contributed by atoms with Crippen LogP contribution in [0.3, 0.4) is 0 Å². The molecule has 0 saturated carbocycles. The summed E-state index contributed by atoms with van der Waals surface area (Å²) in [6, 6.07) is 11.4. The molecule has 0 spiro atoms. The van der Waals surface area contributed by atoms with E-state index in [-0.39, 0.29) is 5.91 Å². The van der Waals surface area contributed by atoms with Crippen molar-refractivity contribution in [1.29, 1.82) is 0 Å². The van der Waals surface area contributed by atoms with E-state index < -0.39 is 0 Å². The van der Waals surface area contributed by atoms with Gasteiger partial charge in [0.05, 0.1) is 0 Å². The summed E-state index contributed by atoms with van der Waals surface area (Å²) in [6.07, 6.45) is 0. The van der Waals surface area contributed by atoms with Crippen LogP contribution in [0.25, 0.3) is 0 Å². The van der Waals surface area contributed by atoms with E-state index in [1.54, 1.807) is 12.1 Å². The molecule has 20 heavy (non-hydrogen) atoms. The van der Waals surface area contributed by atoms with Crippen LogP contribution in [-0.2, 0) is 6.54 Å². The second-order valence-corrected chi connectivity index (χ2v) is 4.51. The van der Waals surface area contributed by atoms with E-state index in [1.165, 1.54) is 5.56 Å². The Labute approximate surface area is 118 Å². The molecule has 0 aliphatic rings. The van der Waals surface area contributed by atoms with Crippen LogP contribution in [0.5, 0.6) is 0 Å². The quantitative estimate of drug-likeness (QED) is 0.873. The van der Waals surface area contributed by atoms with Crippen molar-refractivity contribution in [3.63, 3.8) is 0 Å². The Balaban J connectivity index is 1.94. The molecule has 1 amide bonds. The maximum atomic E-state index is 11.9. The first-order valence-corrected chi connectivity index (χ1v) is 6.60. The summed E-state index contributed by atoms with van der Waals surface area (Å²) in [4.78, 5) is 11.9. The van der Waals surface area contributed by atoms with Crippen LogP contribution in [-0.4, -0.2) is 22.6 Å². The second kappa shape index (κ2) is 6.65. The number of carbonyl (C=O) groups is 1. The lowest BCUT2D eigenvalue weighted by atomic mass is 10.1. The second-order valence-electron chi connectivity index (χ2n) is 4.51. The average Bonchev–Trinajstić information content (AvgIpc) is 2.46. The van der Waals surface area contributed by atoms with Crippen molar-refractivity contribution in [3.8, 4) is 0 Å². The number of nitrogens with one attached hydrogen (secondary N) is 2. The molecule has 0 aliphatic carbocycles. The van der Waals surface area contributed by atoms with Gasteiger partial charge in [0.2, 0.25) is 0 Å². The molecular formula is C15H18N4O. The van der Waals surface area contributed by atoms with E-state index in [0.717, 1.165) is 12.1 Å². The lowest BCUT2D eigenvalue weighted by molar-refractivity contribution is 0.0945. The molecule has 2 aromatic rings. The van der Waals surface area contributed by atoms with Crippen molar-refractivity contribution in [2.45, 2.75) is 20.4 Å². The highest BCUT2D eigenvalue weighted by molar-refractivity contribution is 5.92. The van der Waals surface area contributed by atoms with Crippen LogP contribution in [0.15, 0.2) is 36.4 Å². The standard InChI is InChI=1S/C15H18N4O/c1-3-16-14-8-7-13(18-19-14)15(20)17-10-12-6-4-5-11(2)9-12/h4-9H,3,10H2,1-2H3,(H,16,19)(H,17,20). The first-order chi connectivity index (χ1) is 9.69. The number of nitrogens with zero attached hydrogens (tertiary/aromatic N) is 2. The fourth-order valence-electron chi connectivity index (χ4n) is 1.82. The molecule has 0 atom stereocenters. The molecule has 0 saturated heterocycles. The summed E-state index contributed by atoms with van der Waals surface area (Å²) in [5, 5.41) is 13.7. The third-order valence-corrected chi connectivity index (χ3v) is 2.79. The summed E-state index contributed by atoms with van der Waals surface area (Å²) >= 11 is 0. The fourth-order valence-corrected chi connectivity index (χ4v) is 1.82. The Morgan fingerprint density at radius 3 is 2.70 bits per heavy atom. The van der Waals surface area contributed by atoms with Crippen LogP contribution < -0.4 is 10.6 Å². The number of carbonyl (C=O) groups excluding carboxylic acids is 1. The van der Waals surface area contributed by atoms with Crippen molar-refractivity contribution in [3.05, 3.63) is 53.2 Å². The van der Waals surface area contributed by atoms with Gasteiger partial charge in [0.25, 0.3) is 5.91 Å². The molecule has 2 rings (SSSR count). The van der Waals surface area contributed by atoms with E-state index >= 15 is 0 Å². The van der Waals surface area contributed by atoms with Gasteiger partial charge in [-0.2, -0.15) is 0 Å². The van der Waals surface area contributed by atoms with E-state index in [1.807, 2.05) is 38.1 Å². The maximum absolute atomic E-state index is 11.9.